The van der Waals surface area contributed by atoms with Gasteiger partial charge in [0.05, 0.1) is 24.2 Å². The van der Waals surface area contributed by atoms with E-state index in [4.69, 9.17) is 26.1 Å². The molecule has 6 nitrogen and oxygen atoms in total. The number of methoxy groups -OCH3 is 1. The van der Waals surface area contributed by atoms with Gasteiger partial charge in [-0.15, -0.1) is 0 Å². The fourth-order valence-corrected chi connectivity index (χ4v) is 4.11. The van der Waals surface area contributed by atoms with E-state index in [-0.39, 0.29) is 11.5 Å². The van der Waals surface area contributed by atoms with Crippen LogP contribution in [0.15, 0.2) is 75.0 Å². The molecule has 1 heterocycles. The molecule has 0 saturated carbocycles. The topological polar surface area (TPSA) is 65.7 Å². The van der Waals surface area contributed by atoms with Crippen molar-refractivity contribution in [1.82, 2.24) is 9.66 Å². The second kappa shape index (κ2) is 11.1. The van der Waals surface area contributed by atoms with Crippen molar-refractivity contribution in [2.45, 2.75) is 32.8 Å². The molecule has 3 aromatic carbocycles. The average molecular weight is 555 g/mol. The summed E-state index contributed by atoms with van der Waals surface area (Å²) in [6.07, 6.45) is 2.45. The Morgan fingerprint density at radius 3 is 2.69 bits per heavy atom. The molecule has 8 heteroatoms. The lowest BCUT2D eigenvalue weighted by atomic mass is 10.1. The van der Waals surface area contributed by atoms with E-state index in [2.05, 4.69) is 28.0 Å². The first kappa shape index (κ1) is 24.9. The summed E-state index contributed by atoms with van der Waals surface area (Å²) in [5.41, 5.74) is 2.08. The summed E-state index contributed by atoms with van der Waals surface area (Å²) in [4.78, 5) is 18.0. The highest BCUT2D eigenvalue weighted by molar-refractivity contribution is 9.10. The van der Waals surface area contributed by atoms with Crippen molar-refractivity contribution in [1.29, 1.82) is 0 Å². The number of halogens is 2. The summed E-state index contributed by atoms with van der Waals surface area (Å²) >= 11 is 9.66. The molecule has 1 aromatic heterocycles. The molecule has 0 amide bonds. The zero-order valence-corrected chi connectivity index (χ0v) is 22.0. The van der Waals surface area contributed by atoms with Gasteiger partial charge in [-0.05, 0) is 54.4 Å². The van der Waals surface area contributed by atoms with Crippen molar-refractivity contribution in [3.63, 3.8) is 0 Å². The van der Waals surface area contributed by atoms with Crippen LogP contribution in [0.1, 0.15) is 43.1 Å². The first-order valence-electron chi connectivity index (χ1n) is 11.2. The Balaban J connectivity index is 1.66. The SMILES string of the molecule is CC[C@@H](C)c1nc2ccc(Br)cc2c(=O)n1N=Cc1ccc(OCc2ccccc2Cl)c(OC)c1. The van der Waals surface area contributed by atoms with Crippen molar-refractivity contribution in [3.05, 3.63) is 97.5 Å². The highest BCUT2D eigenvalue weighted by Crippen LogP contribution is 2.29. The molecule has 0 N–H and O–H groups in total. The maximum absolute atomic E-state index is 13.3. The molecule has 4 rings (SSSR count). The van der Waals surface area contributed by atoms with Crippen LogP contribution in [0.5, 0.6) is 11.5 Å². The predicted molar refractivity (Wildman–Crippen MR) is 144 cm³/mol. The van der Waals surface area contributed by atoms with E-state index in [1.807, 2.05) is 61.5 Å². The Labute approximate surface area is 217 Å². The molecule has 180 valence electrons. The lowest BCUT2D eigenvalue weighted by Gasteiger charge is -2.14. The van der Waals surface area contributed by atoms with Gasteiger partial charge < -0.3 is 9.47 Å². The Kier molecular flexibility index (Phi) is 7.88. The summed E-state index contributed by atoms with van der Waals surface area (Å²) in [6.45, 7) is 4.41. The molecule has 0 unspecified atom stereocenters. The maximum atomic E-state index is 13.3. The minimum atomic E-state index is -0.213. The first-order chi connectivity index (χ1) is 16.9. The number of rotatable bonds is 8. The van der Waals surface area contributed by atoms with Gasteiger partial charge in [-0.3, -0.25) is 4.79 Å². The number of hydrogen-bond donors (Lipinski definition) is 0. The summed E-state index contributed by atoms with van der Waals surface area (Å²) in [7, 11) is 1.58. The smallest absolute Gasteiger partial charge is 0.282 e. The largest absolute Gasteiger partial charge is 0.493 e. The second-order valence-electron chi connectivity index (χ2n) is 8.09. The minimum Gasteiger partial charge on any atom is -0.493 e. The fourth-order valence-electron chi connectivity index (χ4n) is 3.56. The van der Waals surface area contributed by atoms with Crippen LogP contribution in [0, 0.1) is 0 Å². The Morgan fingerprint density at radius 2 is 1.94 bits per heavy atom. The normalized spacial score (nSPS) is 12.3. The number of aromatic nitrogens is 2. The molecular weight excluding hydrogens is 530 g/mol. The number of nitrogens with zero attached hydrogens (tertiary/aromatic N) is 3. The summed E-state index contributed by atoms with van der Waals surface area (Å²) in [6, 6.07) is 18.5. The van der Waals surface area contributed by atoms with Crippen molar-refractivity contribution in [3.8, 4) is 11.5 Å². The maximum Gasteiger partial charge on any atom is 0.282 e. The van der Waals surface area contributed by atoms with Gasteiger partial charge in [0, 0.05) is 21.0 Å². The van der Waals surface area contributed by atoms with Gasteiger partial charge >= 0.3 is 0 Å². The van der Waals surface area contributed by atoms with E-state index in [1.54, 1.807) is 19.4 Å². The van der Waals surface area contributed by atoms with Gasteiger partial charge in [0.15, 0.2) is 11.5 Å². The van der Waals surface area contributed by atoms with Gasteiger partial charge in [-0.2, -0.15) is 9.78 Å². The quantitative estimate of drug-likeness (QED) is 0.225. The highest BCUT2D eigenvalue weighted by atomic mass is 79.9. The fraction of sp³-hybridized carbons (Fsp3) is 0.222. The standard InChI is InChI=1S/C27H25BrClN3O3/c1-4-17(2)26-31-23-11-10-20(28)14-21(23)27(33)32(26)30-15-18-9-12-24(25(13-18)34-3)35-16-19-7-5-6-8-22(19)29/h5-15,17H,4,16H2,1-3H3/t17-/m1/s1. The van der Waals surface area contributed by atoms with Crippen LogP contribution >= 0.6 is 27.5 Å². The van der Waals surface area contributed by atoms with Gasteiger partial charge in [0.2, 0.25) is 0 Å². The molecule has 0 aliphatic rings. The van der Waals surface area contributed by atoms with Crippen LogP contribution in [0.2, 0.25) is 5.02 Å². The van der Waals surface area contributed by atoms with E-state index < -0.39 is 0 Å². The van der Waals surface area contributed by atoms with E-state index in [0.29, 0.717) is 39.9 Å². The van der Waals surface area contributed by atoms with Crippen molar-refractivity contribution in [2.24, 2.45) is 5.10 Å². The number of ether oxygens (including phenoxy) is 2. The second-order valence-corrected chi connectivity index (χ2v) is 9.42. The van der Waals surface area contributed by atoms with Crippen LogP contribution in [0.25, 0.3) is 10.9 Å². The molecule has 4 aromatic rings. The lowest BCUT2D eigenvalue weighted by Crippen LogP contribution is -2.23. The zero-order valence-electron chi connectivity index (χ0n) is 19.7. The van der Waals surface area contributed by atoms with Crippen molar-refractivity contribution >= 4 is 44.6 Å². The monoisotopic (exact) mass is 553 g/mol. The highest BCUT2D eigenvalue weighted by Gasteiger charge is 2.16. The van der Waals surface area contributed by atoms with Crippen molar-refractivity contribution in [2.75, 3.05) is 7.11 Å². The third-order valence-corrected chi connectivity index (χ3v) is 6.60. The van der Waals surface area contributed by atoms with E-state index in [9.17, 15) is 4.79 Å². The van der Waals surface area contributed by atoms with Gasteiger partial charge in [0.1, 0.15) is 12.4 Å². The van der Waals surface area contributed by atoms with Gasteiger partial charge in [0.25, 0.3) is 5.56 Å². The molecule has 0 saturated heterocycles. The molecule has 0 spiro atoms. The van der Waals surface area contributed by atoms with Crippen LogP contribution in [0.3, 0.4) is 0 Å². The Hall–Kier alpha value is -3.16. The number of hydrogen-bond acceptors (Lipinski definition) is 5. The van der Waals surface area contributed by atoms with Gasteiger partial charge in [-0.25, -0.2) is 4.98 Å². The molecule has 0 aliphatic carbocycles. The molecule has 0 fully saturated rings. The third-order valence-electron chi connectivity index (χ3n) is 5.74. The summed E-state index contributed by atoms with van der Waals surface area (Å²) in [5, 5.41) is 5.67. The van der Waals surface area contributed by atoms with Crippen LogP contribution in [-0.2, 0) is 6.61 Å². The van der Waals surface area contributed by atoms with E-state index >= 15 is 0 Å². The summed E-state index contributed by atoms with van der Waals surface area (Å²) < 4.78 is 13.7. The zero-order chi connectivity index (χ0) is 24.9. The average Bonchev–Trinajstić information content (AvgIpc) is 2.87. The lowest BCUT2D eigenvalue weighted by molar-refractivity contribution is 0.284. The van der Waals surface area contributed by atoms with Gasteiger partial charge in [-0.1, -0.05) is 59.6 Å². The Morgan fingerprint density at radius 1 is 1.14 bits per heavy atom. The number of benzene rings is 3. The van der Waals surface area contributed by atoms with Crippen LogP contribution in [0.4, 0.5) is 0 Å². The molecule has 1 atom stereocenters. The third kappa shape index (κ3) is 5.57. The molecule has 0 bridgehead atoms. The molecule has 35 heavy (non-hydrogen) atoms. The first-order valence-corrected chi connectivity index (χ1v) is 12.4. The van der Waals surface area contributed by atoms with Crippen LogP contribution in [-0.4, -0.2) is 23.0 Å². The predicted octanol–water partition coefficient (Wildman–Crippen LogP) is 6.80. The van der Waals surface area contributed by atoms with Crippen LogP contribution < -0.4 is 15.0 Å². The Bertz CT molecular complexity index is 1450. The molecule has 0 radical (unpaired) electrons. The van der Waals surface area contributed by atoms with Crippen molar-refractivity contribution < 1.29 is 9.47 Å². The van der Waals surface area contributed by atoms with E-state index in [0.717, 1.165) is 22.0 Å². The minimum absolute atomic E-state index is 0.0584. The number of fused-ring (bicyclic) bond motifs is 1. The summed E-state index contributed by atoms with van der Waals surface area (Å²) in [5.74, 6) is 1.81. The molecular formula is C27H25BrClN3O3. The molecule has 0 aliphatic heterocycles. The van der Waals surface area contributed by atoms with E-state index in [1.165, 1.54) is 4.68 Å².